The molecule has 0 amide bonds. The predicted molar refractivity (Wildman–Crippen MR) is 38.9 cm³/mol. The van der Waals surface area contributed by atoms with Crippen molar-refractivity contribution in [2.24, 2.45) is 0 Å². The lowest BCUT2D eigenvalue weighted by atomic mass is 10.5. The Morgan fingerprint density at radius 3 is 2.27 bits per heavy atom. The minimum atomic E-state index is -1.37. The highest BCUT2D eigenvalue weighted by atomic mass is 28.2. The third kappa shape index (κ3) is 4.29. The van der Waals surface area contributed by atoms with Crippen LogP contribution in [-0.4, -0.2) is 39.0 Å². The van der Waals surface area contributed by atoms with E-state index in [1.165, 1.54) is 7.11 Å². The summed E-state index contributed by atoms with van der Waals surface area (Å²) in [6, 6.07) is 0. The average Bonchev–Trinajstić information content (AvgIpc) is 1.86. The zero-order valence-corrected chi connectivity index (χ0v) is 7.32. The quantitative estimate of drug-likeness (QED) is 0.414. The van der Waals surface area contributed by atoms with E-state index in [1.54, 1.807) is 0 Å². The summed E-state index contributed by atoms with van der Waals surface area (Å²) >= 11 is 0. The molecular weight excluding hydrogens is 168 g/mol. The molecule has 0 aromatic rings. The summed E-state index contributed by atoms with van der Waals surface area (Å²) in [4.78, 5) is 20.3. The van der Waals surface area contributed by atoms with Crippen LogP contribution in [0.3, 0.4) is 0 Å². The molecule has 0 saturated carbocycles. The van der Waals surface area contributed by atoms with Gasteiger partial charge in [-0.15, -0.1) is 0 Å². The average molecular weight is 176 g/mol. The zero-order chi connectivity index (χ0) is 8.85. The van der Waals surface area contributed by atoms with E-state index in [4.69, 9.17) is 10.2 Å². The highest BCUT2D eigenvalue weighted by Gasteiger charge is 2.08. The van der Waals surface area contributed by atoms with Crippen LogP contribution in [0.15, 0.2) is 11.3 Å². The van der Waals surface area contributed by atoms with Crippen LogP contribution >= 0.6 is 0 Å². The van der Waals surface area contributed by atoms with Gasteiger partial charge in [-0.2, -0.15) is 0 Å². The second-order valence-electron chi connectivity index (χ2n) is 1.75. The molecular formula is C5H8O5Si. The van der Waals surface area contributed by atoms with E-state index in [2.05, 4.69) is 4.43 Å². The monoisotopic (exact) mass is 176 g/mol. The first-order valence-electron chi connectivity index (χ1n) is 2.73. The number of aliphatic carboxylic acids is 2. The molecule has 0 aliphatic carbocycles. The van der Waals surface area contributed by atoms with E-state index < -0.39 is 21.7 Å². The van der Waals surface area contributed by atoms with E-state index in [1.807, 2.05) is 0 Å². The number of carboxylic acids is 2. The van der Waals surface area contributed by atoms with Crippen molar-refractivity contribution in [3.05, 3.63) is 11.3 Å². The molecule has 0 aromatic heterocycles. The van der Waals surface area contributed by atoms with Crippen LogP contribution in [0.25, 0.3) is 0 Å². The Hall–Kier alpha value is -1.14. The van der Waals surface area contributed by atoms with Crippen LogP contribution in [-0.2, 0) is 14.0 Å². The number of hydrogen-bond donors (Lipinski definition) is 2. The summed E-state index contributed by atoms with van der Waals surface area (Å²) in [5, 5.41) is 16.4. The van der Waals surface area contributed by atoms with Crippen molar-refractivity contribution in [1.82, 2.24) is 0 Å². The summed E-state index contributed by atoms with van der Waals surface area (Å²) in [6.45, 7) is 0. The van der Waals surface area contributed by atoms with Gasteiger partial charge in [-0.1, -0.05) is 0 Å². The van der Waals surface area contributed by atoms with Crippen LogP contribution in [0.1, 0.15) is 0 Å². The van der Waals surface area contributed by atoms with Crippen LogP contribution in [0, 0.1) is 0 Å². The Labute approximate surface area is 65.2 Å². The lowest BCUT2D eigenvalue weighted by Gasteiger charge is -1.96. The summed E-state index contributed by atoms with van der Waals surface area (Å²) < 4.78 is 4.59. The van der Waals surface area contributed by atoms with Gasteiger partial charge in [0, 0.05) is 13.2 Å². The number of carbonyl (C=O) groups is 2. The zero-order valence-electron chi connectivity index (χ0n) is 5.90. The number of carboxylic acid groups (broad SMARTS) is 2. The lowest BCUT2D eigenvalue weighted by Crippen LogP contribution is -2.12. The number of rotatable bonds is 4. The van der Waals surface area contributed by atoms with Gasteiger partial charge in [0.25, 0.3) is 0 Å². The molecule has 0 aliphatic rings. The maximum absolute atomic E-state index is 10.2. The van der Waals surface area contributed by atoms with Gasteiger partial charge < -0.3 is 14.6 Å². The molecule has 0 aliphatic heterocycles. The van der Waals surface area contributed by atoms with Crippen molar-refractivity contribution < 1.29 is 24.2 Å². The van der Waals surface area contributed by atoms with Crippen molar-refractivity contribution >= 4 is 21.7 Å². The Kier molecular flexibility index (Phi) is 4.16. The first-order valence-corrected chi connectivity index (χ1v) is 4.02. The Morgan fingerprint density at radius 2 is 2.00 bits per heavy atom. The molecule has 6 heteroatoms. The molecule has 0 fully saturated rings. The van der Waals surface area contributed by atoms with E-state index in [9.17, 15) is 9.59 Å². The standard InChI is InChI=1S/C5H8O5Si/c1-10-11-3(5(8)9)2-4(6)7/h2H,11H2,1H3,(H,6,7)(H,8,9). The maximum Gasteiger partial charge on any atom is 0.329 e. The van der Waals surface area contributed by atoms with Crippen LogP contribution in [0.4, 0.5) is 0 Å². The Bertz CT molecular complexity index is 197. The molecule has 0 atom stereocenters. The van der Waals surface area contributed by atoms with E-state index >= 15 is 0 Å². The molecule has 0 radical (unpaired) electrons. The molecule has 0 unspecified atom stereocenters. The van der Waals surface area contributed by atoms with E-state index in [-0.39, 0.29) is 5.20 Å². The summed E-state index contributed by atoms with van der Waals surface area (Å²) in [7, 11) is -0.0218. The van der Waals surface area contributed by atoms with Crippen molar-refractivity contribution in [3.8, 4) is 0 Å². The molecule has 0 rings (SSSR count). The molecule has 5 nitrogen and oxygen atoms in total. The van der Waals surface area contributed by atoms with Gasteiger partial charge in [0.05, 0.1) is 5.20 Å². The van der Waals surface area contributed by atoms with Gasteiger partial charge in [0.1, 0.15) is 0 Å². The maximum atomic E-state index is 10.2. The van der Waals surface area contributed by atoms with Gasteiger partial charge in [0.2, 0.25) is 9.76 Å². The molecule has 0 heterocycles. The summed E-state index contributed by atoms with van der Waals surface area (Å²) in [5.74, 6) is -2.48. The van der Waals surface area contributed by atoms with Gasteiger partial charge in [-0.25, -0.2) is 9.59 Å². The van der Waals surface area contributed by atoms with Gasteiger partial charge in [0.15, 0.2) is 0 Å². The minimum absolute atomic E-state index is 0.139. The SMILES string of the molecule is CO[SiH2]C(=CC(=O)O)C(=O)O. The topological polar surface area (TPSA) is 83.8 Å². The first kappa shape index (κ1) is 9.86. The van der Waals surface area contributed by atoms with Crippen LogP contribution in [0.2, 0.25) is 0 Å². The normalized spacial score (nSPS) is 12.3. The molecule has 0 bridgehead atoms. The highest BCUT2D eigenvalue weighted by Crippen LogP contribution is 1.91. The second kappa shape index (κ2) is 4.64. The first-order chi connectivity index (χ1) is 5.07. The Morgan fingerprint density at radius 1 is 1.45 bits per heavy atom. The smallest absolute Gasteiger partial charge is 0.329 e. The van der Waals surface area contributed by atoms with Crippen molar-refractivity contribution in [1.29, 1.82) is 0 Å². The van der Waals surface area contributed by atoms with Crippen molar-refractivity contribution in [2.75, 3.05) is 7.11 Å². The fourth-order valence-corrected chi connectivity index (χ4v) is 1.16. The minimum Gasteiger partial charge on any atom is -0.478 e. The summed E-state index contributed by atoms with van der Waals surface area (Å²) in [5.41, 5.74) is 0. The van der Waals surface area contributed by atoms with E-state index in [0.29, 0.717) is 6.08 Å². The third-order valence-corrected chi connectivity index (χ3v) is 1.98. The molecule has 0 aromatic carbocycles. The lowest BCUT2D eigenvalue weighted by molar-refractivity contribution is -0.134. The Balaban J connectivity index is 4.32. The van der Waals surface area contributed by atoms with Gasteiger partial charge in [-0.05, 0) is 0 Å². The van der Waals surface area contributed by atoms with Gasteiger partial charge in [-0.3, -0.25) is 0 Å². The van der Waals surface area contributed by atoms with Gasteiger partial charge >= 0.3 is 11.9 Å². The summed E-state index contributed by atoms with van der Waals surface area (Å²) in [6.07, 6.45) is 0.665. The molecule has 11 heavy (non-hydrogen) atoms. The molecule has 0 spiro atoms. The molecule has 62 valence electrons. The third-order valence-electron chi connectivity index (χ3n) is 0.872. The number of hydrogen-bond acceptors (Lipinski definition) is 3. The predicted octanol–water partition coefficient (Wildman–Crippen LogP) is -1.23. The van der Waals surface area contributed by atoms with Crippen LogP contribution < -0.4 is 0 Å². The van der Waals surface area contributed by atoms with E-state index in [0.717, 1.165) is 0 Å². The second-order valence-corrected chi connectivity index (χ2v) is 3.37. The highest BCUT2D eigenvalue weighted by molar-refractivity contribution is 6.48. The fraction of sp³-hybridized carbons (Fsp3) is 0.200. The van der Waals surface area contributed by atoms with Crippen molar-refractivity contribution in [2.45, 2.75) is 0 Å². The van der Waals surface area contributed by atoms with Crippen molar-refractivity contribution in [3.63, 3.8) is 0 Å². The fourth-order valence-electron chi connectivity index (χ4n) is 0.470. The molecule has 2 N–H and O–H groups in total. The largest absolute Gasteiger partial charge is 0.478 e. The van der Waals surface area contributed by atoms with Crippen LogP contribution in [0.5, 0.6) is 0 Å². The molecule has 0 saturated heterocycles.